The molecule has 2 rings (SSSR count). The Morgan fingerprint density at radius 1 is 1.47 bits per heavy atom. The Balaban J connectivity index is 2.79. The number of pyridine rings is 1. The molecule has 0 spiro atoms. The first-order valence-corrected chi connectivity index (χ1v) is 7.02. The van der Waals surface area contributed by atoms with E-state index in [-0.39, 0.29) is 5.56 Å². The highest BCUT2D eigenvalue weighted by molar-refractivity contribution is 7.98. The van der Waals surface area contributed by atoms with Gasteiger partial charge < -0.3 is 0 Å². The van der Waals surface area contributed by atoms with Gasteiger partial charge in [0.25, 0.3) is 5.56 Å². The molecule has 0 aliphatic carbocycles. The minimum absolute atomic E-state index is 0.0105. The molecule has 0 aromatic carbocycles. The third-order valence-electron chi connectivity index (χ3n) is 2.54. The van der Waals surface area contributed by atoms with Crippen molar-refractivity contribution < 1.29 is 0 Å². The molecule has 0 bridgehead atoms. The summed E-state index contributed by atoms with van der Waals surface area (Å²) in [6, 6.07) is 3.51. The lowest BCUT2D eigenvalue weighted by molar-refractivity contribution is 0.832. The summed E-state index contributed by atoms with van der Waals surface area (Å²) in [5, 5.41) is 1.36. The molecule has 0 aliphatic rings. The van der Waals surface area contributed by atoms with Gasteiger partial charge in [-0.3, -0.25) is 9.20 Å². The van der Waals surface area contributed by atoms with Crippen LogP contribution in [0.2, 0.25) is 5.02 Å². The summed E-state index contributed by atoms with van der Waals surface area (Å²) in [6.07, 6.45) is 5.23. The van der Waals surface area contributed by atoms with Gasteiger partial charge in [0.15, 0.2) is 0 Å². The van der Waals surface area contributed by atoms with Gasteiger partial charge in [-0.1, -0.05) is 24.9 Å². The second-order valence-electron chi connectivity index (χ2n) is 3.73. The second kappa shape index (κ2) is 5.10. The Hall–Kier alpha value is -1.00. The Bertz CT molecular complexity index is 609. The van der Waals surface area contributed by atoms with Crippen LogP contribution in [0.3, 0.4) is 0 Å². The van der Waals surface area contributed by atoms with Gasteiger partial charge in [0, 0.05) is 6.20 Å². The van der Waals surface area contributed by atoms with Crippen molar-refractivity contribution >= 4 is 29.0 Å². The summed E-state index contributed by atoms with van der Waals surface area (Å²) in [4.78, 5) is 16.8. The first-order chi connectivity index (χ1) is 8.17. The smallest absolute Gasteiger partial charge is 0.262 e. The van der Waals surface area contributed by atoms with Crippen molar-refractivity contribution in [1.82, 2.24) is 9.38 Å². The summed E-state index contributed by atoms with van der Waals surface area (Å²) in [5.74, 6) is 0. The van der Waals surface area contributed by atoms with Crippen LogP contribution in [0.1, 0.15) is 18.9 Å². The minimum Gasteiger partial charge on any atom is -0.269 e. The zero-order chi connectivity index (χ0) is 12.4. The molecule has 17 heavy (non-hydrogen) atoms. The van der Waals surface area contributed by atoms with Crippen molar-refractivity contribution in [1.29, 1.82) is 0 Å². The van der Waals surface area contributed by atoms with Crippen LogP contribution in [0.5, 0.6) is 0 Å². The standard InChI is InChI=1S/C12H13ClN2OS/c1-3-4-9-11(17-2)14-10-6-5-8(13)7-15(10)12(9)16/h5-7H,3-4H2,1-2H3. The molecule has 0 aliphatic heterocycles. The fourth-order valence-electron chi connectivity index (χ4n) is 1.76. The average molecular weight is 269 g/mol. The van der Waals surface area contributed by atoms with Crippen LogP contribution in [0.4, 0.5) is 0 Å². The summed E-state index contributed by atoms with van der Waals surface area (Å²) < 4.78 is 1.52. The Labute approximate surface area is 109 Å². The van der Waals surface area contributed by atoms with E-state index in [1.807, 2.05) is 6.26 Å². The quantitative estimate of drug-likeness (QED) is 0.634. The third-order valence-corrected chi connectivity index (χ3v) is 3.48. The number of hydrogen-bond acceptors (Lipinski definition) is 3. The molecular formula is C12H13ClN2OS. The van der Waals surface area contributed by atoms with Crippen LogP contribution in [0.15, 0.2) is 28.2 Å². The molecule has 90 valence electrons. The monoisotopic (exact) mass is 268 g/mol. The maximum Gasteiger partial charge on any atom is 0.262 e. The van der Waals surface area contributed by atoms with Gasteiger partial charge in [-0.05, 0) is 24.8 Å². The average Bonchev–Trinajstić information content (AvgIpc) is 2.33. The fraction of sp³-hybridized carbons (Fsp3) is 0.333. The SMILES string of the molecule is CCCc1c(SC)nc2ccc(Cl)cn2c1=O. The first kappa shape index (κ1) is 12.5. The van der Waals surface area contributed by atoms with E-state index in [2.05, 4.69) is 11.9 Å². The molecule has 3 nitrogen and oxygen atoms in total. The molecule has 0 amide bonds. The van der Waals surface area contributed by atoms with Crippen molar-refractivity contribution in [3.63, 3.8) is 0 Å². The van der Waals surface area contributed by atoms with Crippen molar-refractivity contribution in [2.24, 2.45) is 0 Å². The number of halogens is 1. The van der Waals surface area contributed by atoms with Crippen LogP contribution in [0.25, 0.3) is 5.65 Å². The van der Waals surface area contributed by atoms with E-state index in [9.17, 15) is 4.79 Å². The van der Waals surface area contributed by atoms with E-state index < -0.39 is 0 Å². The molecule has 0 saturated heterocycles. The number of nitrogens with zero attached hydrogens (tertiary/aromatic N) is 2. The topological polar surface area (TPSA) is 34.4 Å². The van der Waals surface area contributed by atoms with Crippen LogP contribution >= 0.6 is 23.4 Å². The van der Waals surface area contributed by atoms with E-state index in [1.54, 1.807) is 18.3 Å². The lowest BCUT2D eigenvalue weighted by Crippen LogP contribution is -2.20. The number of thioether (sulfide) groups is 1. The van der Waals surface area contributed by atoms with E-state index in [1.165, 1.54) is 16.2 Å². The van der Waals surface area contributed by atoms with Gasteiger partial charge in [-0.25, -0.2) is 4.98 Å². The molecule has 0 radical (unpaired) electrons. The van der Waals surface area contributed by atoms with Gasteiger partial charge in [-0.15, -0.1) is 11.8 Å². The Kier molecular flexibility index (Phi) is 3.74. The first-order valence-electron chi connectivity index (χ1n) is 5.42. The summed E-state index contributed by atoms with van der Waals surface area (Å²) in [7, 11) is 0. The predicted molar refractivity (Wildman–Crippen MR) is 72.2 cm³/mol. The van der Waals surface area contributed by atoms with Crippen molar-refractivity contribution in [2.45, 2.75) is 24.8 Å². The third kappa shape index (κ3) is 2.33. The molecule has 5 heteroatoms. The molecular weight excluding hydrogens is 256 g/mol. The molecule has 0 saturated carbocycles. The summed E-state index contributed by atoms with van der Waals surface area (Å²) in [5.41, 5.74) is 1.41. The highest BCUT2D eigenvalue weighted by Gasteiger charge is 2.11. The van der Waals surface area contributed by atoms with Gasteiger partial charge >= 0.3 is 0 Å². The molecule has 2 aromatic heterocycles. The van der Waals surface area contributed by atoms with Crippen molar-refractivity contribution in [2.75, 3.05) is 6.26 Å². The van der Waals surface area contributed by atoms with Gasteiger partial charge in [0.1, 0.15) is 10.7 Å². The molecule has 2 aromatic rings. The second-order valence-corrected chi connectivity index (χ2v) is 4.96. The van der Waals surface area contributed by atoms with Crippen molar-refractivity contribution in [3.8, 4) is 0 Å². The van der Waals surface area contributed by atoms with Crippen LogP contribution < -0.4 is 5.56 Å². The number of fused-ring (bicyclic) bond motifs is 1. The number of aromatic nitrogens is 2. The lowest BCUT2D eigenvalue weighted by Gasteiger charge is -2.08. The maximum absolute atomic E-state index is 12.3. The minimum atomic E-state index is -0.0105. The zero-order valence-electron chi connectivity index (χ0n) is 9.74. The fourth-order valence-corrected chi connectivity index (χ4v) is 2.54. The molecule has 2 heterocycles. The molecule has 0 atom stereocenters. The van der Waals surface area contributed by atoms with Gasteiger partial charge in [0.2, 0.25) is 0 Å². The zero-order valence-corrected chi connectivity index (χ0v) is 11.3. The number of rotatable bonds is 3. The van der Waals surface area contributed by atoms with Crippen LogP contribution in [-0.2, 0) is 6.42 Å². The Morgan fingerprint density at radius 2 is 2.24 bits per heavy atom. The highest BCUT2D eigenvalue weighted by atomic mass is 35.5. The van der Waals surface area contributed by atoms with Crippen molar-refractivity contribution in [3.05, 3.63) is 39.3 Å². The van der Waals surface area contributed by atoms with E-state index in [0.717, 1.165) is 23.4 Å². The summed E-state index contributed by atoms with van der Waals surface area (Å²) in [6.45, 7) is 2.05. The van der Waals surface area contributed by atoms with Gasteiger partial charge in [-0.2, -0.15) is 0 Å². The summed E-state index contributed by atoms with van der Waals surface area (Å²) >= 11 is 7.41. The lowest BCUT2D eigenvalue weighted by atomic mass is 10.2. The normalized spacial score (nSPS) is 11.0. The van der Waals surface area contributed by atoms with E-state index >= 15 is 0 Å². The molecule has 0 N–H and O–H groups in total. The van der Waals surface area contributed by atoms with Crippen LogP contribution in [0, 0.1) is 0 Å². The molecule has 0 fully saturated rings. The van der Waals surface area contributed by atoms with E-state index in [4.69, 9.17) is 11.6 Å². The largest absolute Gasteiger partial charge is 0.269 e. The van der Waals surface area contributed by atoms with Crippen LogP contribution in [-0.4, -0.2) is 15.6 Å². The predicted octanol–water partition coefficient (Wildman–Crippen LogP) is 3.02. The highest BCUT2D eigenvalue weighted by Crippen LogP contribution is 2.18. The van der Waals surface area contributed by atoms with Gasteiger partial charge in [0.05, 0.1) is 10.6 Å². The maximum atomic E-state index is 12.3. The molecule has 0 unspecified atom stereocenters. The Morgan fingerprint density at radius 3 is 2.88 bits per heavy atom. The van der Waals surface area contributed by atoms with E-state index in [0.29, 0.717) is 10.7 Å². The number of hydrogen-bond donors (Lipinski definition) is 0.